The molecule has 28 heavy (non-hydrogen) atoms. The fourth-order valence-corrected chi connectivity index (χ4v) is 3.40. The van der Waals surface area contributed by atoms with E-state index in [1.807, 2.05) is 85.9 Å². The number of para-hydroxylation sites is 2. The number of amides is 1. The highest BCUT2D eigenvalue weighted by Crippen LogP contribution is 2.19. The lowest BCUT2D eigenvalue weighted by Gasteiger charge is -2.21. The second kappa shape index (κ2) is 10.3. The van der Waals surface area contributed by atoms with Gasteiger partial charge in [0.2, 0.25) is 5.91 Å². The highest BCUT2D eigenvalue weighted by atomic mass is 32.2. The van der Waals surface area contributed by atoms with Crippen molar-refractivity contribution in [3.8, 4) is 0 Å². The maximum absolute atomic E-state index is 12.3. The average Bonchev–Trinajstić information content (AvgIpc) is 2.73. The summed E-state index contributed by atoms with van der Waals surface area (Å²) >= 11 is 1.43. The summed E-state index contributed by atoms with van der Waals surface area (Å²) < 4.78 is 0. The van der Waals surface area contributed by atoms with Gasteiger partial charge in [0, 0.05) is 19.3 Å². The van der Waals surface area contributed by atoms with Crippen LogP contribution in [0.4, 0.5) is 11.4 Å². The van der Waals surface area contributed by atoms with E-state index in [4.69, 9.17) is 4.99 Å². The number of anilines is 1. The summed E-state index contributed by atoms with van der Waals surface area (Å²) in [5.74, 6) is 0.241. The molecule has 1 N–H and O–H groups in total. The number of nitrogens with zero attached hydrogens (tertiary/aromatic N) is 2. The molecule has 3 rings (SSSR count). The molecule has 0 heterocycles. The number of carbonyl (C=O) groups excluding carboxylic acids is 1. The molecule has 1 amide bonds. The first-order chi connectivity index (χ1) is 13.7. The lowest BCUT2D eigenvalue weighted by molar-refractivity contribution is -0.113. The molecule has 0 aliphatic rings. The van der Waals surface area contributed by atoms with Gasteiger partial charge in [-0.25, -0.2) is 4.99 Å². The third-order valence-electron chi connectivity index (χ3n) is 3.96. The van der Waals surface area contributed by atoms with Gasteiger partial charge in [-0.1, -0.05) is 78.5 Å². The second-order valence-electron chi connectivity index (χ2n) is 6.27. The standard InChI is InChI=1S/C23H23N3OS/c1-26(17-19-11-5-2-6-12-19)23(25-21-15-9-4-10-16-21)28-18-22(27)24-20-13-7-3-8-14-20/h2-16H,17-18H2,1H3,(H,24,27). The number of aliphatic imine (C=N–C) groups is 1. The third-order valence-corrected chi connectivity index (χ3v) is 5.03. The zero-order valence-electron chi connectivity index (χ0n) is 15.8. The topological polar surface area (TPSA) is 44.7 Å². The van der Waals surface area contributed by atoms with Crippen LogP contribution in [0.5, 0.6) is 0 Å². The molecule has 3 aromatic carbocycles. The first kappa shape index (κ1) is 19.7. The number of hydrogen-bond acceptors (Lipinski definition) is 3. The molecule has 0 aliphatic carbocycles. The van der Waals surface area contributed by atoms with Gasteiger partial charge in [0.15, 0.2) is 5.17 Å². The van der Waals surface area contributed by atoms with Crippen molar-refractivity contribution in [3.05, 3.63) is 96.6 Å². The van der Waals surface area contributed by atoms with E-state index < -0.39 is 0 Å². The maximum atomic E-state index is 12.3. The van der Waals surface area contributed by atoms with Crippen LogP contribution in [0.2, 0.25) is 0 Å². The summed E-state index contributed by atoms with van der Waals surface area (Å²) in [4.78, 5) is 19.2. The molecule has 3 aromatic rings. The smallest absolute Gasteiger partial charge is 0.234 e. The Balaban J connectivity index is 1.69. The van der Waals surface area contributed by atoms with Crippen LogP contribution in [0.3, 0.4) is 0 Å². The molecular weight excluding hydrogens is 366 g/mol. The summed E-state index contributed by atoms with van der Waals surface area (Å²) in [5.41, 5.74) is 2.86. The normalized spacial score (nSPS) is 11.1. The van der Waals surface area contributed by atoms with E-state index in [0.717, 1.165) is 23.1 Å². The van der Waals surface area contributed by atoms with Gasteiger partial charge in [0.1, 0.15) is 0 Å². The number of carbonyl (C=O) groups is 1. The molecule has 0 fully saturated rings. The van der Waals surface area contributed by atoms with Crippen LogP contribution in [0.1, 0.15) is 5.56 Å². The minimum Gasteiger partial charge on any atom is -0.350 e. The second-order valence-corrected chi connectivity index (χ2v) is 7.22. The van der Waals surface area contributed by atoms with E-state index in [9.17, 15) is 4.79 Å². The zero-order chi connectivity index (χ0) is 19.6. The Bertz CT molecular complexity index is 899. The van der Waals surface area contributed by atoms with E-state index in [-0.39, 0.29) is 5.91 Å². The molecule has 0 atom stereocenters. The predicted molar refractivity (Wildman–Crippen MR) is 119 cm³/mol. The van der Waals surface area contributed by atoms with E-state index in [1.54, 1.807) is 0 Å². The lowest BCUT2D eigenvalue weighted by atomic mass is 10.2. The van der Waals surface area contributed by atoms with Crippen LogP contribution in [0.25, 0.3) is 0 Å². The van der Waals surface area contributed by atoms with E-state index in [0.29, 0.717) is 5.75 Å². The highest BCUT2D eigenvalue weighted by Gasteiger charge is 2.12. The number of amidine groups is 1. The first-order valence-corrected chi connectivity index (χ1v) is 10.1. The summed E-state index contributed by atoms with van der Waals surface area (Å²) in [5, 5.41) is 3.72. The Morgan fingerprint density at radius 2 is 1.46 bits per heavy atom. The molecule has 4 nitrogen and oxygen atoms in total. The van der Waals surface area contributed by atoms with Gasteiger partial charge in [-0.3, -0.25) is 4.79 Å². The van der Waals surface area contributed by atoms with Gasteiger partial charge >= 0.3 is 0 Å². The molecule has 0 radical (unpaired) electrons. The summed E-state index contributed by atoms with van der Waals surface area (Å²) in [6, 6.07) is 29.5. The quantitative estimate of drug-likeness (QED) is 0.467. The van der Waals surface area contributed by atoms with Crippen molar-refractivity contribution in [1.29, 1.82) is 0 Å². The van der Waals surface area contributed by atoms with Crippen LogP contribution in [0, 0.1) is 0 Å². The van der Waals surface area contributed by atoms with Gasteiger partial charge in [-0.2, -0.15) is 0 Å². The summed E-state index contributed by atoms with van der Waals surface area (Å²) in [7, 11) is 2.00. The van der Waals surface area contributed by atoms with Gasteiger partial charge in [-0.15, -0.1) is 0 Å². The Labute approximate surface area is 170 Å². The van der Waals surface area contributed by atoms with E-state index in [2.05, 4.69) is 22.3 Å². The van der Waals surface area contributed by atoms with Gasteiger partial charge in [-0.05, 0) is 29.8 Å². The number of rotatable bonds is 6. The maximum Gasteiger partial charge on any atom is 0.234 e. The third kappa shape index (κ3) is 6.28. The molecule has 0 aliphatic heterocycles. The molecular formula is C23H23N3OS. The van der Waals surface area contributed by atoms with Gasteiger partial charge < -0.3 is 10.2 Å². The summed E-state index contributed by atoms with van der Waals surface area (Å²) in [6.07, 6.45) is 0. The average molecular weight is 390 g/mol. The van der Waals surface area contributed by atoms with Crippen molar-refractivity contribution >= 4 is 34.2 Å². The van der Waals surface area contributed by atoms with Crippen LogP contribution in [0.15, 0.2) is 96.0 Å². The monoisotopic (exact) mass is 389 g/mol. The van der Waals surface area contributed by atoms with Gasteiger partial charge in [0.05, 0.1) is 11.4 Å². The summed E-state index contributed by atoms with van der Waals surface area (Å²) in [6.45, 7) is 0.722. The van der Waals surface area contributed by atoms with Crippen LogP contribution >= 0.6 is 11.8 Å². The SMILES string of the molecule is CN(Cc1ccccc1)C(=Nc1ccccc1)SCC(=O)Nc1ccccc1. The number of thioether (sulfide) groups is 1. The van der Waals surface area contributed by atoms with Crippen LogP contribution in [-0.2, 0) is 11.3 Å². The van der Waals surface area contributed by atoms with Crippen molar-refractivity contribution in [2.24, 2.45) is 4.99 Å². The van der Waals surface area contributed by atoms with Crippen molar-refractivity contribution in [2.45, 2.75) is 6.54 Å². The minimum atomic E-state index is -0.0509. The Morgan fingerprint density at radius 3 is 2.11 bits per heavy atom. The molecule has 0 aromatic heterocycles. The molecule has 0 unspecified atom stereocenters. The van der Waals surface area contributed by atoms with E-state index in [1.165, 1.54) is 17.3 Å². The Hall–Kier alpha value is -3.05. The Kier molecular flexibility index (Phi) is 7.27. The number of hydrogen-bond donors (Lipinski definition) is 1. The first-order valence-electron chi connectivity index (χ1n) is 9.07. The Morgan fingerprint density at radius 1 is 0.893 bits per heavy atom. The van der Waals surface area contributed by atoms with E-state index >= 15 is 0 Å². The fourth-order valence-electron chi connectivity index (χ4n) is 2.61. The fraction of sp³-hybridized carbons (Fsp3) is 0.130. The molecule has 0 spiro atoms. The molecule has 0 saturated carbocycles. The molecule has 0 saturated heterocycles. The van der Waals surface area contributed by atoms with Crippen molar-refractivity contribution in [2.75, 3.05) is 18.1 Å². The van der Waals surface area contributed by atoms with Crippen LogP contribution in [-0.4, -0.2) is 28.8 Å². The molecule has 0 bridgehead atoms. The highest BCUT2D eigenvalue weighted by molar-refractivity contribution is 8.14. The molecule has 142 valence electrons. The van der Waals surface area contributed by atoms with Gasteiger partial charge in [0.25, 0.3) is 0 Å². The van der Waals surface area contributed by atoms with Crippen LogP contribution < -0.4 is 5.32 Å². The lowest BCUT2D eigenvalue weighted by Crippen LogP contribution is -2.25. The largest absolute Gasteiger partial charge is 0.350 e. The minimum absolute atomic E-state index is 0.0509. The number of benzene rings is 3. The molecule has 5 heteroatoms. The van der Waals surface area contributed by atoms with Crippen molar-refractivity contribution in [1.82, 2.24) is 4.90 Å². The van der Waals surface area contributed by atoms with Crippen molar-refractivity contribution in [3.63, 3.8) is 0 Å². The predicted octanol–water partition coefficient (Wildman–Crippen LogP) is 5.18. The van der Waals surface area contributed by atoms with Crippen molar-refractivity contribution < 1.29 is 4.79 Å². The zero-order valence-corrected chi connectivity index (χ0v) is 16.6. The number of nitrogens with one attached hydrogen (secondary N) is 1.